The quantitative estimate of drug-likeness (QED) is 0.805. The lowest BCUT2D eigenvalue weighted by Gasteiger charge is -2.17. The van der Waals surface area contributed by atoms with E-state index in [9.17, 15) is 5.11 Å². The van der Waals surface area contributed by atoms with Crippen molar-refractivity contribution in [1.29, 1.82) is 0 Å². The van der Waals surface area contributed by atoms with E-state index in [0.717, 1.165) is 30.9 Å². The number of aromatic nitrogens is 1. The van der Waals surface area contributed by atoms with Crippen LogP contribution in [0.15, 0.2) is 5.38 Å². The van der Waals surface area contributed by atoms with Crippen LogP contribution in [0.5, 0.6) is 0 Å². The summed E-state index contributed by atoms with van der Waals surface area (Å²) in [5.74, 6) is 0. The molecule has 1 aromatic rings. The van der Waals surface area contributed by atoms with Crippen LogP contribution in [0.4, 0.5) is 0 Å². The minimum Gasteiger partial charge on any atom is -0.392 e. The van der Waals surface area contributed by atoms with Gasteiger partial charge in [-0.15, -0.1) is 11.3 Å². The summed E-state index contributed by atoms with van der Waals surface area (Å²) in [5, 5.41) is 12.5. The highest BCUT2D eigenvalue weighted by atomic mass is 32.1. The Morgan fingerprint density at radius 1 is 1.60 bits per heavy atom. The molecular formula is C11H20N2OS. The minimum atomic E-state index is -0.239. The van der Waals surface area contributed by atoms with E-state index in [1.807, 2.05) is 20.9 Å². The molecule has 1 rings (SSSR count). The van der Waals surface area contributed by atoms with Gasteiger partial charge in [-0.2, -0.15) is 0 Å². The summed E-state index contributed by atoms with van der Waals surface area (Å²) < 4.78 is 0. The van der Waals surface area contributed by atoms with Crippen LogP contribution in [0.2, 0.25) is 0 Å². The maximum Gasteiger partial charge on any atom is 0.0897 e. The van der Waals surface area contributed by atoms with Gasteiger partial charge in [0.25, 0.3) is 0 Å². The van der Waals surface area contributed by atoms with Crippen molar-refractivity contribution < 1.29 is 5.11 Å². The number of aliphatic hydroxyl groups is 1. The van der Waals surface area contributed by atoms with Crippen molar-refractivity contribution in [2.45, 2.75) is 32.8 Å². The van der Waals surface area contributed by atoms with Crippen LogP contribution in [0, 0.1) is 6.92 Å². The molecule has 0 bridgehead atoms. The van der Waals surface area contributed by atoms with E-state index in [0.29, 0.717) is 0 Å². The maximum absolute atomic E-state index is 9.19. The van der Waals surface area contributed by atoms with Gasteiger partial charge in [-0.05, 0) is 40.3 Å². The Kier molecular flexibility index (Phi) is 5.22. The number of nitrogens with zero attached hydrogens (tertiary/aromatic N) is 2. The lowest BCUT2D eigenvalue weighted by Crippen LogP contribution is -2.28. The van der Waals surface area contributed by atoms with Crippen LogP contribution < -0.4 is 0 Å². The van der Waals surface area contributed by atoms with E-state index in [2.05, 4.69) is 15.3 Å². The predicted octanol–water partition coefficient (Wildman–Crippen LogP) is 1.70. The molecule has 1 unspecified atom stereocenters. The fourth-order valence-corrected chi connectivity index (χ4v) is 2.24. The summed E-state index contributed by atoms with van der Waals surface area (Å²) in [6, 6.07) is 0. The zero-order valence-corrected chi connectivity index (χ0v) is 10.5. The molecule has 0 fully saturated rings. The van der Waals surface area contributed by atoms with Crippen LogP contribution in [-0.2, 0) is 6.42 Å². The van der Waals surface area contributed by atoms with Crippen molar-refractivity contribution in [3.05, 3.63) is 16.1 Å². The van der Waals surface area contributed by atoms with E-state index >= 15 is 0 Å². The van der Waals surface area contributed by atoms with Crippen molar-refractivity contribution in [3.8, 4) is 0 Å². The Hall–Kier alpha value is -0.450. The van der Waals surface area contributed by atoms with Gasteiger partial charge in [0.2, 0.25) is 0 Å². The topological polar surface area (TPSA) is 36.4 Å². The van der Waals surface area contributed by atoms with Crippen molar-refractivity contribution in [2.75, 3.05) is 20.1 Å². The molecule has 4 heteroatoms. The van der Waals surface area contributed by atoms with Crippen LogP contribution in [0.1, 0.15) is 24.0 Å². The van der Waals surface area contributed by atoms with Gasteiger partial charge in [0, 0.05) is 11.9 Å². The summed E-state index contributed by atoms with van der Waals surface area (Å²) in [6.07, 6.45) is 1.90. The molecule has 86 valence electrons. The SMILES string of the molecule is Cc1nc(CCCN(C)CC(C)O)cs1. The van der Waals surface area contributed by atoms with Gasteiger partial charge in [-0.1, -0.05) is 0 Å². The third-order valence-corrected chi connectivity index (χ3v) is 3.04. The smallest absolute Gasteiger partial charge is 0.0897 e. The van der Waals surface area contributed by atoms with Gasteiger partial charge < -0.3 is 10.0 Å². The zero-order valence-electron chi connectivity index (χ0n) is 9.73. The molecule has 1 aromatic heterocycles. The number of aryl methyl sites for hydroxylation is 2. The number of rotatable bonds is 6. The third-order valence-electron chi connectivity index (χ3n) is 2.22. The van der Waals surface area contributed by atoms with Gasteiger partial charge in [0.05, 0.1) is 16.8 Å². The molecule has 0 aliphatic rings. The minimum absolute atomic E-state index is 0.239. The second kappa shape index (κ2) is 6.20. The van der Waals surface area contributed by atoms with Crippen molar-refractivity contribution in [2.24, 2.45) is 0 Å². The number of hydrogen-bond donors (Lipinski definition) is 1. The number of aliphatic hydroxyl groups excluding tert-OH is 1. The predicted molar refractivity (Wildman–Crippen MR) is 64.3 cm³/mol. The molecule has 0 aliphatic heterocycles. The normalized spacial score (nSPS) is 13.4. The average molecular weight is 228 g/mol. The summed E-state index contributed by atoms with van der Waals surface area (Å²) in [6.45, 7) is 5.62. The van der Waals surface area contributed by atoms with E-state index in [-0.39, 0.29) is 6.10 Å². The summed E-state index contributed by atoms with van der Waals surface area (Å²) in [5.41, 5.74) is 1.20. The standard InChI is InChI=1S/C11H20N2OS/c1-9(14)7-13(3)6-4-5-11-8-15-10(2)12-11/h8-9,14H,4-7H2,1-3H3. The van der Waals surface area contributed by atoms with Gasteiger partial charge in [0.1, 0.15) is 0 Å². The first-order chi connectivity index (χ1) is 7.08. The Labute approximate surface area is 95.8 Å². The van der Waals surface area contributed by atoms with Gasteiger partial charge in [-0.25, -0.2) is 4.98 Å². The van der Waals surface area contributed by atoms with E-state index in [1.54, 1.807) is 11.3 Å². The molecule has 1 heterocycles. The Morgan fingerprint density at radius 2 is 2.33 bits per heavy atom. The van der Waals surface area contributed by atoms with Crippen LogP contribution in [0.3, 0.4) is 0 Å². The fraction of sp³-hybridized carbons (Fsp3) is 0.727. The Morgan fingerprint density at radius 3 is 2.87 bits per heavy atom. The van der Waals surface area contributed by atoms with Crippen LogP contribution in [0.25, 0.3) is 0 Å². The highest BCUT2D eigenvalue weighted by Crippen LogP contribution is 2.09. The first kappa shape index (κ1) is 12.6. The zero-order chi connectivity index (χ0) is 11.3. The van der Waals surface area contributed by atoms with Gasteiger partial charge in [0.15, 0.2) is 0 Å². The summed E-state index contributed by atoms with van der Waals surface area (Å²) in [4.78, 5) is 6.58. The molecule has 0 saturated heterocycles. The Bertz CT molecular complexity index is 286. The highest BCUT2D eigenvalue weighted by Gasteiger charge is 2.03. The molecule has 3 nitrogen and oxygen atoms in total. The van der Waals surface area contributed by atoms with Gasteiger partial charge >= 0.3 is 0 Å². The fourth-order valence-electron chi connectivity index (χ4n) is 1.60. The second-order valence-corrected chi connectivity index (χ2v) is 5.13. The molecule has 0 spiro atoms. The summed E-state index contributed by atoms with van der Waals surface area (Å²) in [7, 11) is 2.04. The lowest BCUT2D eigenvalue weighted by molar-refractivity contribution is 0.141. The van der Waals surface area contributed by atoms with Crippen LogP contribution in [-0.4, -0.2) is 41.2 Å². The molecule has 0 aromatic carbocycles. The molecule has 0 amide bonds. The number of likely N-dealkylation sites (N-methyl/N-ethyl adjacent to an activating group) is 1. The van der Waals surface area contributed by atoms with E-state index in [1.165, 1.54) is 5.69 Å². The molecular weight excluding hydrogens is 208 g/mol. The second-order valence-electron chi connectivity index (χ2n) is 4.07. The molecule has 0 radical (unpaired) electrons. The lowest BCUT2D eigenvalue weighted by atomic mass is 10.2. The van der Waals surface area contributed by atoms with Gasteiger partial charge in [-0.3, -0.25) is 0 Å². The molecule has 15 heavy (non-hydrogen) atoms. The van der Waals surface area contributed by atoms with Crippen LogP contribution >= 0.6 is 11.3 Å². The van der Waals surface area contributed by atoms with E-state index < -0.39 is 0 Å². The third kappa shape index (κ3) is 5.25. The molecule has 1 atom stereocenters. The number of thiazole rings is 1. The molecule has 0 saturated carbocycles. The van der Waals surface area contributed by atoms with Crippen molar-refractivity contribution in [1.82, 2.24) is 9.88 Å². The maximum atomic E-state index is 9.19. The molecule has 1 N–H and O–H groups in total. The van der Waals surface area contributed by atoms with E-state index in [4.69, 9.17) is 0 Å². The first-order valence-corrected chi connectivity index (χ1v) is 6.23. The highest BCUT2D eigenvalue weighted by molar-refractivity contribution is 7.09. The largest absolute Gasteiger partial charge is 0.392 e. The Balaban J connectivity index is 2.16. The molecule has 0 aliphatic carbocycles. The van der Waals surface area contributed by atoms with Crippen molar-refractivity contribution in [3.63, 3.8) is 0 Å². The first-order valence-electron chi connectivity index (χ1n) is 5.35. The van der Waals surface area contributed by atoms with Crippen molar-refractivity contribution >= 4 is 11.3 Å². The summed E-state index contributed by atoms with van der Waals surface area (Å²) >= 11 is 1.71. The average Bonchev–Trinajstić information content (AvgIpc) is 2.50. The monoisotopic (exact) mass is 228 g/mol. The number of hydrogen-bond acceptors (Lipinski definition) is 4.